The van der Waals surface area contributed by atoms with E-state index in [4.69, 9.17) is 4.84 Å². The zero-order valence-electron chi connectivity index (χ0n) is 4.85. The summed E-state index contributed by atoms with van der Waals surface area (Å²) in [5, 5.41) is 1.69. The molecular formula is C5H11NO. The van der Waals surface area contributed by atoms with Crippen LogP contribution in [0.4, 0.5) is 0 Å². The second-order valence-corrected chi connectivity index (χ2v) is 1.28. The molecular weight excluding hydrogens is 90.1 g/mol. The van der Waals surface area contributed by atoms with Crippen LogP contribution in [-0.4, -0.2) is 25.8 Å². The second kappa shape index (κ2) is 3.84. The van der Waals surface area contributed by atoms with E-state index in [-0.39, 0.29) is 0 Å². The van der Waals surface area contributed by atoms with Crippen LogP contribution in [0.5, 0.6) is 0 Å². The molecule has 0 saturated carbocycles. The van der Waals surface area contributed by atoms with Crippen LogP contribution in [-0.2, 0) is 4.84 Å². The highest BCUT2D eigenvalue weighted by molar-refractivity contribution is 4.66. The third-order valence-corrected chi connectivity index (χ3v) is 0.698. The van der Waals surface area contributed by atoms with E-state index < -0.39 is 0 Å². The van der Waals surface area contributed by atoms with Crippen LogP contribution in [0.25, 0.3) is 0 Å². The fourth-order valence-electron chi connectivity index (χ4n) is 0.256. The van der Waals surface area contributed by atoms with Crippen LogP contribution in [0.3, 0.4) is 0 Å². The third-order valence-electron chi connectivity index (χ3n) is 0.698. The Bertz CT molecular complexity index is 54.0. The fourth-order valence-corrected chi connectivity index (χ4v) is 0.256. The molecule has 0 aromatic heterocycles. The molecule has 0 unspecified atom stereocenters. The number of hydroxylamine groups is 2. The predicted molar refractivity (Wildman–Crippen MR) is 29.8 cm³/mol. The maximum absolute atomic E-state index is 4.75. The van der Waals surface area contributed by atoms with Gasteiger partial charge in [0.15, 0.2) is 0 Å². The highest BCUT2D eigenvalue weighted by Gasteiger charge is 1.84. The van der Waals surface area contributed by atoms with Crippen molar-refractivity contribution in [2.24, 2.45) is 0 Å². The van der Waals surface area contributed by atoms with Crippen molar-refractivity contribution in [2.45, 2.75) is 0 Å². The maximum atomic E-state index is 4.75. The van der Waals surface area contributed by atoms with Crippen molar-refractivity contribution in [2.75, 3.05) is 20.7 Å². The highest BCUT2D eigenvalue weighted by atomic mass is 16.7. The van der Waals surface area contributed by atoms with Crippen molar-refractivity contribution < 1.29 is 4.84 Å². The van der Waals surface area contributed by atoms with Gasteiger partial charge in [-0.2, -0.15) is 5.06 Å². The molecule has 0 saturated heterocycles. The van der Waals surface area contributed by atoms with Crippen LogP contribution in [0.2, 0.25) is 0 Å². The Labute approximate surface area is 44.3 Å². The van der Waals surface area contributed by atoms with Crippen molar-refractivity contribution in [3.63, 3.8) is 0 Å². The predicted octanol–water partition coefficient (Wildman–Crippen LogP) is 0.666. The van der Waals surface area contributed by atoms with Gasteiger partial charge in [0.05, 0.1) is 7.11 Å². The third kappa shape index (κ3) is 3.49. The van der Waals surface area contributed by atoms with Gasteiger partial charge < -0.3 is 4.84 Å². The molecule has 0 spiro atoms. The lowest BCUT2D eigenvalue weighted by Crippen LogP contribution is -2.15. The molecule has 0 aliphatic heterocycles. The molecule has 2 nitrogen and oxygen atoms in total. The van der Waals surface area contributed by atoms with E-state index in [2.05, 4.69) is 6.58 Å². The summed E-state index contributed by atoms with van der Waals surface area (Å²) in [6.45, 7) is 4.30. The highest BCUT2D eigenvalue weighted by Crippen LogP contribution is 1.77. The Hall–Kier alpha value is -0.340. The number of hydrogen-bond donors (Lipinski definition) is 0. The van der Waals surface area contributed by atoms with Crippen LogP contribution in [0, 0.1) is 0 Å². The van der Waals surface area contributed by atoms with E-state index in [0.29, 0.717) is 0 Å². The van der Waals surface area contributed by atoms with E-state index >= 15 is 0 Å². The first-order valence-corrected chi connectivity index (χ1v) is 2.17. The molecule has 0 amide bonds. The molecule has 2 heteroatoms. The Morgan fingerprint density at radius 1 is 1.86 bits per heavy atom. The zero-order chi connectivity index (χ0) is 5.70. The van der Waals surface area contributed by atoms with Gasteiger partial charge in [-0.25, -0.2) is 0 Å². The molecule has 0 aromatic rings. The molecule has 0 radical (unpaired) electrons. The Morgan fingerprint density at radius 3 is 2.57 bits per heavy atom. The fraction of sp³-hybridized carbons (Fsp3) is 0.600. The van der Waals surface area contributed by atoms with Gasteiger partial charge in [0.2, 0.25) is 0 Å². The van der Waals surface area contributed by atoms with Crippen LogP contribution < -0.4 is 0 Å². The average molecular weight is 101 g/mol. The molecule has 0 heterocycles. The molecule has 0 atom stereocenters. The molecule has 0 aromatic carbocycles. The summed E-state index contributed by atoms with van der Waals surface area (Å²) in [4.78, 5) is 4.75. The van der Waals surface area contributed by atoms with Gasteiger partial charge in [-0.05, 0) is 0 Å². The van der Waals surface area contributed by atoms with E-state index in [9.17, 15) is 0 Å². The molecule has 0 rings (SSSR count). The SMILES string of the molecule is C=CCN(C)OC. The maximum Gasteiger partial charge on any atom is 0.0575 e. The van der Waals surface area contributed by atoms with Gasteiger partial charge in [0.25, 0.3) is 0 Å². The molecule has 0 N–H and O–H groups in total. The number of nitrogens with zero attached hydrogens (tertiary/aromatic N) is 1. The summed E-state index contributed by atoms with van der Waals surface area (Å²) in [5.74, 6) is 0. The van der Waals surface area contributed by atoms with Gasteiger partial charge in [-0.1, -0.05) is 6.08 Å². The van der Waals surface area contributed by atoms with Gasteiger partial charge in [0, 0.05) is 13.6 Å². The summed E-state index contributed by atoms with van der Waals surface area (Å²) < 4.78 is 0. The van der Waals surface area contributed by atoms with Crippen molar-refractivity contribution in [3.8, 4) is 0 Å². The van der Waals surface area contributed by atoms with Crippen molar-refractivity contribution in [1.29, 1.82) is 0 Å². The summed E-state index contributed by atoms with van der Waals surface area (Å²) in [7, 11) is 3.48. The normalized spacial score (nSPS) is 9.57. The first kappa shape index (κ1) is 6.66. The van der Waals surface area contributed by atoms with Gasteiger partial charge in [-0.3, -0.25) is 0 Å². The van der Waals surface area contributed by atoms with Crippen molar-refractivity contribution in [3.05, 3.63) is 12.7 Å². The Morgan fingerprint density at radius 2 is 2.43 bits per heavy atom. The van der Waals surface area contributed by atoms with Gasteiger partial charge >= 0.3 is 0 Å². The van der Waals surface area contributed by atoms with E-state index in [1.54, 1.807) is 18.2 Å². The average Bonchev–Trinajstić information content (AvgIpc) is 1.68. The van der Waals surface area contributed by atoms with Gasteiger partial charge in [-0.15, -0.1) is 6.58 Å². The molecule has 0 aliphatic rings. The summed E-state index contributed by atoms with van der Waals surface area (Å²) >= 11 is 0. The van der Waals surface area contributed by atoms with Crippen molar-refractivity contribution >= 4 is 0 Å². The minimum Gasteiger partial charge on any atom is -0.302 e. The van der Waals surface area contributed by atoms with Crippen LogP contribution in [0.15, 0.2) is 12.7 Å². The topological polar surface area (TPSA) is 12.5 Å². The van der Waals surface area contributed by atoms with E-state index in [0.717, 1.165) is 6.54 Å². The largest absolute Gasteiger partial charge is 0.302 e. The molecule has 0 aliphatic carbocycles. The molecule has 0 bridgehead atoms. The summed E-state index contributed by atoms with van der Waals surface area (Å²) in [6.07, 6.45) is 1.78. The lowest BCUT2D eigenvalue weighted by Gasteiger charge is -2.08. The first-order valence-electron chi connectivity index (χ1n) is 2.17. The number of likely N-dealkylation sites (N-methyl/N-ethyl adjacent to an activating group) is 1. The first-order chi connectivity index (χ1) is 3.31. The molecule has 7 heavy (non-hydrogen) atoms. The summed E-state index contributed by atoms with van der Waals surface area (Å²) in [5.41, 5.74) is 0. The number of hydrogen-bond acceptors (Lipinski definition) is 2. The van der Waals surface area contributed by atoms with Gasteiger partial charge in [0.1, 0.15) is 0 Å². The monoisotopic (exact) mass is 101 g/mol. The lowest BCUT2D eigenvalue weighted by atomic mass is 10.6. The Kier molecular flexibility index (Phi) is 3.65. The summed E-state index contributed by atoms with van der Waals surface area (Å²) in [6, 6.07) is 0. The van der Waals surface area contributed by atoms with Crippen LogP contribution >= 0.6 is 0 Å². The minimum absolute atomic E-state index is 0.774. The second-order valence-electron chi connectivity index (χ2n) is 1.28. The Balaban J connectivity index is 2.98. The lowest BCUT2D eigenvalue weighted by molar-refractivity contribution is -0.0991. The van der Waals surface area contributed by atoms with E-state index in [1.807, 2.05) is 7.05 Å². The number of rotatable bonds is 3. The smallest absolute Gasteiger partial charge is 0.0575 e. The zero-order valence-corrected chi connectivity index (χ0v) is 4.85. The molecule has 42 valence electrons. The van der Waals surface area contributed by atoms with Crippen LogP contribution in [0.1, 0.15) is 0 Å². The van der Waals surface area contributed by atoms with Crippen molar-refractivity contribution in [1.82, 2.24) is 5.06 Å². The van der Waals surface area contributed by atoms with E-state index in [1.165, 1.54) is 0 Å². The minimum atomic E-state index is 0.774. The standard InChI is InChI=1S/C5H11NO/c1-4-5-6(2)7-3/h4H,1,5H2,2-3H3. The quantitative estimate of drug-likeness (QED) is 0.382. The molecule has 0 fully saturated rings.